The molecule has 0 bridgehead atoms. The van der Waals surface area contributed by atoms with Gasteiger partial charge in [-0.1, -0.05) is 24.3 Å². The average Bonchev–Trinajstić information content (AvgIpc) is 2.49. The number of thiocarbonyl (C=S) groups is 1. The molecule has 0 amide bonds. The zero-order valence-corrected chi connectivity index (χ0v) is 13.9. The Morgan fingerprint density at radius 3 is 2.64 bits per heavy atom. The lowest BCUT2D eigenvalue weighted by molar-refractivity contribution is 0.285. The third kappa shape index (κ3) is 4.70. The summed E-state index contributed by atoms with van der Waals surface area (Å²) in [6.07, 6.45) is 1.74. The van der Waals surface area contributed by atoms with Crippen molar-refractivity contribution in [2.45, 2.75) is 26.8 Å². The molecule has 0 saturated heterocycles. The molecule has 0 fully saturated rings. The highest BCUT2D eigenvalue weighted by molar-refractivity contribution is 7.80. The largest absolute Gasteiger partial charge is 0.491 e. The number of para-hydroxylation sites is 1. The van der Waals surface area contributed by atoms with E-state index in [2.05, 4.69) is 15.6 Å². The van der Waals surface area contributed by atoms with Crippen LogP contribution in [0, 0.1) is 13.8 Å². The number of aromatic nitrogens is 1. The molecule has 4 nitrogen and oxygen atoms in total. The third-order valence-electron chi connectivity index (χ3n) is 3.20. The summed E-state index contributed by atoms with van der Waals surface area (Å²) < 4.78 is 5.81. The highest BCUT2D eigenvalue weighted by atomic mass is 32.1. The number of benzene rings is 1. The van der Waals surface area contributed by atoms with E-state index in [9.17, 15) is 0 Å². The molecule has 1 aromatic heterocycles. The molecule has 1 aromatic carbocycles. The molecule has 22 heavy (non-hydrogen) atoms. The van der Waals surface area contributed by atoms with Gasteiger partial charge in [0, 0.05) is 6.20 Å². The van der Waals surface area contributed by atoms with Crippen molar-refractivity contribution in [1.82, 2.24) is 10.3 Å². The van der Waals surface area contributed by atoms with Crippen molar-refractivity contribution in [1.29, 1.82) is 0 Å². The zero-order valence-electron chi connectivity index (χ0n) is 13.1. The lowest BCUT2D eigenvalue weighted by Crippen LogP contribution is -2.39. The van der Waals surface area contributed by atoms with Crippen molar-refractivity contribution in [3.05, 3.63) is 53.7 Å². The summed E-state index contributed by atoms with van der Waals surface area (Å²) >= 11 is 5.31. The number of rotatable bonds is 5. The lowest BCUT2D eigenvalue weighted by atomic mass is 10.2. The molecule has 2 N–H and O–H groups in total. The number of ether oxygens (including phenoxy) is 1. The van der Waals surface area contributed by atoms with Gasteiger partial charge in [-0.25, -0.2) is 4.98 Å². The number of anilines is 1. The molecular weight excluding hydrogens is 294 g/mol. The number of hydrogen-bond acceptors (Lipinski definition) is 3. The van der Waals surface area contributed by atoms with Gasteiger partial charge in [0.15, 0.2) is 5.11 Å². The van der Waals surface area contributed by atoms with Crippen LogP contribution >= 0.6 is 12.2 Å². The monoisotopic (exact) mass is 315 g/mol. The van der Waals surface area contributed by atoms with Crippen LogP contribution in [0.4, 0.5) is 5.82 Å². The van der Waals surface area contributed by atoms with E-state index in [1.54, 1.807) is 6.20 Å². The van der Waals surface area contributed by atoms with E-state index in [-0.39, 0.29) is 6.04 Å². The summed E-state index contributed by atoms with van der Waals surface area (Å²) in [5.74, 6) is 1.67. The Kier molecular flexibility index (Phi) is 5.72. The minimum Gasteiger partial charge on any atom is -0.491 e. The Morgan fingerprint density at radius 2 is 1.91 bits per heavy atom. The molecular formula is C17H21N3OS. The van der Waals surface area contributed by atoms with Crippen LogP contribution in [0.2, 0.25) is 0 Å². The van der Waals surface area contributed by atoms with Crippen LogP contribution in [0.5, 0.6) is 5.75 Å². The van der Waals surface area contributed by atoms with Crippen LogP contribution in [0.15, 0.2) is 42.6 Å². The summed E-state index contributed by atoms with van der Waals surface area (Å²) in [5, 5.41) is 6.85. The van der Waals surface area contributed by atoms with Gasteiger partial charge < -0.3 is 15.4 Å². The molecule has 2 rings (SSSR count). The molecule has 2 aromatic rings. The highest BCUT2D eigenvalue weighted by Gasteiger charge is 2.08. The Balaban J connectivity index is 1.82. The van der Waals surface area contributed by atoms with Gasteiger partial charge in [-0.05, 0) is 56.2 Å². The van der Waals surface area contributed by atoms with Gasteiger partial charge >= 0.3 is 0 Å². The van der Waals surface area contributed by atoms with Crippen LogP contribution in [0.3, 0.4) is 0 Å². The Bertz CT molecular complexity index is 645. The molecule has 0 spiro atoms. The minimum atomic E-state index is 0.0867. The van der Waals surface area contributed by atoms with E-state index in [0.29, 0.717) is 11.7 Å². The lowest BCUT2D eigenvalue weighted by Gasteiger charge is -2.18. The quantitative estimate of drug-likeness (QED) is 0.828. The average molecular weight is 315 g/mol. The molecule has 1 atom stereocenters. The van der Waals surface area contributed by atoms with Gasteiger partial charge in [0.1, 0.15) is 18.2 Å². The summed E-state index contributed by atoms with van der Waals surface area (Å²) in [5.41, 5.74) is 2.18. The van der Waals surface area contributed by atoms with Crippen molar-refractivity contribution >= 4 is 23.1 Å². The van der Waals surface area contributed by atoms with Crippen LogP contribution in [0.1, 0.15) is 18.1 Å². The van der Waals surface area contributed by atoms with Crippen molar-refractivity contribution in [3.63, 3.8) is 0 Å². The molecule has 0 aliphatic rings. The summed E-state index contributed by atoms with van der Waals surface area (Å²) in [4.78, 5) is 4.26. The second-order valence-corrected chi connectivity index (χ2v) is 5.65. The maximum absolute atomic E-state index is 5.81. The first-order valence-corrected chi connectivity index (χ1v) is 7.64. The number of aryl methyl sites for hydroxylation is 2. The molecule has 0 saturated carbocycles. The molecule has 0 aliphatic carbocycles. The number of nitrogens with zero attached hydrogens (tertiary/aromatic N) is 1. The topological polar surface area (TPSA) is 46.2 Å². The van der Waals surface area contributed by atoms with Crippen LogP contribution in [0.25, 0.3) is 0 Å². The van der Waals surface area contributed by atoms with Crippen LogP contribution in [-0.4, -0.2) is 22.7 Å². The van der Waals surface area contributed by atoms with Crippen molar-refractivity contribution in [2.75, 3.05) is 11.9 Å². The van der Waals surface area contributed by atoms with Crippen molar-refractivity contribution < 1.29 is 4.74 Å². The van der Waals surface area contributed by atoms with Gasteiger partial charge in [-0.3, -0.25) is 0 Å². The molecule has 5 heteroatoms. The van der Waals surface area contributed by atoms with E-state index in [1.807, 2.05) is 57.2 Å². The predicted octanol–water partition coefficient (Wildman–Crippen LogP) is 3.45. The number of hydrogen-bond donors (Lipinski definition) is 2. The molecule has 0 aliphatic heterocycles. The summed E-state index contributed by atoms with van der Waals surface area (Å²) in [6, 6.07) is 11.9. The molecule has 1 unspecified atom stereocenters. The molecule has 0 radical (unpaired) electrons. The standard InChI is InChI=1S/C17H21N3OS/c1-12-7-4-5-9-15(12)21-11-14(3)19-17(22)20-16-13(2)8-6-10-18-16/h4-10,14H,11H2,1-3H3,(H2,18,19,20,22). The Labute approximate surface area is 136 Å². The van der Waals surface area contributed by atoms with E-state index < -0.39 is 0 Å². The van der Waals surface area contributed by atoms with E-state index >= 15 is 0 Å². The summed E-state index contributed by atoms with van der Waals surface area (Å²) in [7, 11) is 0. The number of pyridine rings is 1. The second kappa shape index (κ2) is 7.75. The van der Waals surface area contributed by atoms with Crippen molar-refractivity contribution in [2.24, 2.45) is 0 Å². The third-order valence-corrected chi connectivity index (χ3v) is 3.42. The fourth-order valence-corrected chi connectivity index (χ4v) is 2.26. The fraction of sp³-hybridized carbons (Fsp3) is 0.294. The molecule has 116 valence electrons. The maximum atomic E-state index is 5.81. The van der Waals surface area contributed by atoms with Crippen LogP contribution in [-0.2, 0) is 0 Å². The van der Waals surface area contributed by atoms with Gasteiger partial charge in [-0.2, -0.15) is 0 Å². The minimum absolute atomic E-state index is 0.0867. The SMILES string of the molecule is Cc1ccccc1OCC(C)NC(=S)Nc1ncccc1C. The van der Waals surface area contributed by atoms with Gasteiger partial charge in [0.05, 0.1) is 6.04 Å². The number of nitrogens with one attached hydrogen (secondary N) is 2. The maximum Gasteiger partial charge on any atom is 0.172 e. The normalized spacial score (nSPS) is 11.6. The summed E-state index contributed by atoms with van der Waals surface area (Å²) in [6.45, 7) is 6.58. The molecule has 1 heterocycles. The Hall–Kier alpha value is -2.14. The van der Waals surface area contributed by atoms with Crippen LogP contribution < -0.4 is 15.4 Å². The first-order valence-electron chi connectivity index (χ1n) is 7.24. The zero-order chi connectivity index (χ0) is 15.9. The fourth-order valence-electron chi connectivity index (χ4n) is 1.96. The van der Waals surface area contributed by atoms with Gasteiger partial charge in [-0.15, -0.1) is 0 Å². The first kappa shape index (κ1) is 16.2. The predicted molar refractivity (Wildman–Crippen MR) is 94.5 cm³/mol. The van der Waals surface area contributed by atoms with Gasteiger partial charge in [0.2, 0.25) is 0 Å². The van der Waals surface area contributed by atoms with E-state index in [0.717, 1.165) is 22.7 Å². The smallest absolute Gasteiger partial charge is 0.172 e. The Morgan fingerprint density at radius 1 is 1.18 bits per heavy atom. The van der Waals surface area contributed by atoms with E-state index in [1.165, 1.54) is 0 Å². The first-order chi connectivity index (χ1) is 10.6. The second-order valence-electron chi connectivity index (χ2n) is 5.24. The van der Waals surface area contributed by atoms with Crippen molar-refractivity contribution in [3.8, 4) is 5.75 Å². The van der Waals surface area contributed by atoms with E-state index in [4.69, 9.17) is 17.0 Å². The highest BCUT2D eigenvalue weighted by Crippen LogP contribution is 2.16. The van der Waals surface area contributed by atoms with Gasteiger partial charge in [0.25, 0.3) is 0 Å².